The molecule has 1 aromatic carbocycles. The molecule has 0 saturated carbocycles. The van der Waals surface area contributed by atoms with E-state index in [1.54, 1.807) is 0 Å². The largest absolute Gasteiger partial charge is 0.374 e. The molecule has 0 radical (unpaired) electrons. The molecule has 1 N–H and O–H groups in total. The lowest BCUT2D eigenvalue weighted by Crippen LogP contribution is -2.36. The Morgan fingerprint density at radius 1 is 1.21 bits per heavy atom. The maximum absolute atomic E-state index is 9.12. The predicted molar refractivity (Wildman–Crippen MR) is 81.5 cm³/mol. The molecule has 19 heavy (non-hydrogen) atoms. The van der Waals surface area contributed by atoms with Gasteiger partial charge >= 0.3 is 0 Å². The summed E-state index contributed by atoms with van der Waals surface area (Å²) >= 11 is 0. The molecule has 0 saturated heterocycles. The summed E-state index contributed by atoms with van der Waals surface area (Å²) < 4.78 is 0. The Morgan fingerprint density at radius 2 is 1.79 bits per heavy atom. The molecule has 0 aliphatic carbocycles. The zero-order valence-electron chi connectivity index (χ0n) is 12.7. The molecular formula is C16H25N3. The normalized spacial score (nSPS) is 12.3. The van der Waals surface area contributed by atoms with E-state index in [1.165, 1.54) is 16.8 Å². The molecular weight excluding hydrogens is 234 g/mol. The van der Waals surface area contributed by atoms with Crippen molar-refractivity contribution in [1.82, 2.24) is 5.32 Å². The monoisotopic (exact) mass is 259 g/mol. The van der Waals surface area contributed by atoms with E-state index in [0.717, 1.165) is 13.0 Å². The average molecular weight is 259 g/mol. The van der Waals surface area contributed by atoms with Crippen LogP contribution >= 0.6 is 0 Å². The van der Waals surface area contributed by atoms with Gasteiger partial charge in [-0.15, -0.1) is 0 Å². The highest BCUT2D eigenvalue weighted by atomic mass is 15.1. The first-order chi connectivity index (χ1) is 8.92. The van der Waals surface area contributed by atoms with Crippen LogP contribution in [-0.2, 0) is 0 Å². The van der Waals surface area contributed by atoms with Gasteiger partial charge in [0.15, 0.2) is 0 Å². The first kappa shape index (κ1) is 15.5. The van der Waals surface area contributed by atoms with Crippen LogP contribution in [0.1, 0.15) is 31.4 Å². The standard InChI is InChI=1S/C16H25N3/c1-12(2)18-15(11-17)6-7-19(5)16-9-13(3)8-14(4)10-16/h8-10,12,15,18H,6-7H2,1-5H3. The summed E-state index contributed by atoms with van der Waals surface area (Å²) in [6.45, 7) is 9.24. The van der Waals surface area contributed by atoms with Crippen LogP contribution in [0.2, 0.25) is 0 Å². The zero-order valence-corrected chi connectivity index (χ0v) is 12.7. The Hall–Kier alpha value is -1.53. The fraction of sp³-hybridized carbons (Fsp3) is 0.562. The van der Waals surface area contributed by atoms with E-state index >= 15 is 0 Å². The van der Waals surface area contributed by atoms with E-state index in [-0.39, 0.29) is 6.04 Å². The van der Waals surface area contributed by atoms with Crippen molar-refractivity contribution in [3.63, 3.8) is 0 Å². The Bertz CT molecular complexity index is 426. The van der Waals surface area contributed by atoms with Crippen LogP contribution in [0.15, 0.2) is 18.2 Å². The molecule has 104 valence electrons. The topological polar surface area (TPSA) is 39.1 Å². The molecule has 0 bridgehead atoms. The minimum absolute atomic E-state index is 0.0756. The number of nitrogens with zero attached hydrogens (tertiary/aromatic N) is 2. The summed E-state index contributed by atoms with van der Waals surface area (Å²) in [5.41, 5.74) is 3.77. The van der Waals surface area contributed by atoms with Gasteiger partial charge in [-0.25, -0.2) is 0 Å². The van der Waals surface area contributed by atoms with Gasteiger partial charge in [-0.05, 0) is 57.4 Å². The summed E-state index contributed by atoms with van der Waals surface area (Å²) in [7, 11) is 2.08. The molecule has 1 aromatic rings. The van der Waals surface area contributed by atoms with Gasteiger partial charge in [-0.2, -0.15) is 5.26 Å². The molecule has 0 aliphatic heterocycles. The fourth-order valence-electron chi connectivity index (χ4n) is 2.21. The molecule has 0 amide bonds. The minimum atomic E-state index is -0.0756. The third kappa shape index (κ3) is 5.32. The molecule has 0 aliphatic rings. The Kier molecular flexibility index (Phi) is 5.85. The molecule has 1 unspecified atom stereocenters. The maximum Gasteiger partial charge on any atom is 0.0971 e. The number of nitriles is 1. The highest BCUT2D eigenvalue weighted by Gasteiger charge is 2.10. The number of anilines is 1. The van der Waals surface area contributed by atoms with Gasteiger partial charge in [-0.3, -0.25) is 5.32 Å². The van der Waals surface area contributed by atoms with Crippen LogP contribution in [0.4, 0.5) is 5.69 Å². The van der Waals surface area contributed by atoms with Gasteiger partial charge in [0.25, 0.3) is 0 Å². The highest BCUT2D eigenvalue weighted by molar-refractivity contribution is 5.50. The van der Waals surface area contributed by atoms with E-state index in [1.807, 2.05) is 0 Å². The van der Waals surface area contributed by atoms with Crippen molar-refractivity contribution in [2.45, 2.75) is 46.2 Å². The summed E-state index contributed by atoms with van der Waals surface area (Å²) in [6.07, 6.45) is 0.832. The molecule has 0 fully saturated rings. The van der Waals surface area contributed by atoms with Gasteiger partial charge in [0.2, 0.25) is 0 Å². The van der Waals surface area contributed by atoms with Gasteiger partial charge in [-0.1, -0.05) is 6.07 Å². The van der Waals surface area contributed by atoms with Gasteiger partial charge in [0.05, 0.1) is 12.1 Å². The lowest BCUT2D eigenvalue weighted by atomic mass is 10.1. The summed E-state index contributed by atoms with van der Waals surface area (Å²) in [4.78, 5) is 2.21. The van der Waals surface area contributed by atoms with Crippen LogP contribution in [0.25, 0.3) is 0 Å². The van der Waals surface area contributed by atoms with E-state index in [0.29, 0.717) is 6.04 Å². The van der Waals surface area contributed by atoms with Crippen LogP contribution < -0.4 is 10.2 Å². The number of rotatable bonds is 6. The molecule has 1 atom stereocenters. The smallest absolute Gasteiger partial charge is 0.0971 e. The minimum Gasteiger partial charge on any atom is -0.374 e. The maximum atomic E-state index is 9.12. The van der Waals surface area contributed by atoms with Crippen molar-refractivity contribution in [3.8, 4) is 6.07 Å². The van der Waals surface area contributed by atoms with Crippen molar-refractivity contribution in [1.29, 1.82) is 5.26 Å². The second kappa shape index (κ2) is 7.16. The molecule has 0 aromatic heterocycles. The van der Waals surface area contributed by atoms with E-state index in [2.05, 4.69) is 69.2 Å². The lowest BCUT2D eigenvalue weighted by Gasteiger charge is -2.23. The van der Waals surface area contributed by atoms with Crippen molar-refractivity contribution in [2.24, 2.45) is 0 Å². The number of nitrogens with one attached hydrogen (secondary N) is 1. The SMILES string of the molecule is Cc1cc(C)cc(N(C)CCC(C#N)NC(C)C)c1. The Labute approximate surface area is 117 Å². The first-order valence-electron chi connectivity index (χ1n) is 6.87. The van der Waals surface area contributed by atoms with Crippen LogP contribution in [0.5, 0.6) is 0 Å². The Morgan fingerprint density at radius 3 is 2.26 bits per heavy atom. The molecule has 1 rings (SSSR count). The third-order valence-corrected chi connectivity index (χ3v) is 3.09. The number of benzene rings is 1. The van der Waals surface area contributed by atoms with Gasteiger partial charge in [0, 0.05) is 25.3 Å². The van der Waals surface area contributed by atoms with Crippen LogP contribution in [0.3, 0.4) is 0 Å². The van der Waals surface area contributed by atoms with Crippen molar-refractivity contribution >= 4 is 5.69 Å². The third-order valence-electron chi connectivity index (χ3n) is 3.09. The molecule has 0 heterocycles. The average Bonchev–Trinajstić information content (AvgIpc) is 2.32. The van der Waals surface area contributed by atoms with Crippen molar-refractivity contribution in [2.75, 3.05) is 18.5 Å². The summed E-state index contributed by atoms with van der Waals surface area (Å²) in [5, 5.41) is 12.4. The fourth-order valence-corrected chi connectivity index (χ4v) is 2.21. The second-order valence-electron chi connectivity index (χ2n) is 5.56. The van der Waals surface area contributed by atoms with E-state index in [9.17, 15) is 0 Å². The lowest BCUT2D eigenvalue weighted by molar-refractivity contribution is 0.507. The Balaban J connectivity index is 2.59. The van der Waals surface area contributed by atoms with Crippen LogP contribution in [0, 0.1) is 25.2 Å². The highest BCUT2D eigenvalue weighted by Crippen LogP contribution is 2.17. The van der Waals surface area contributed by atoms with Crippen molar-refractivity contribution in [3.05, 3.63) is 29.3 Å². The summed E-state index contributed by atoms with van der Waals surface area (Å²) in [6, 6.07) is 9.14. The molecule has 0 spiro atoms. The molecule has 3 heteroatoms. The number of hydrogen-bond donors (Lipinski definition) is 1. The quantitative estimate of drug-likeness (QED) is 0.853. The summed E-state index contributed by atoms with van der Waals surface area (Å²) in [5.74, 6) is 0. The van der Waals surface area contributed by atoms with Crippen LogP contribution in [-0.4, -0.2) is 25.7 Å². The van der Waals surface area contributed by atoms with Crippen molar-refractivity contribution < 1.29 is 0 Å². The molecule has 3 nitrogen and oxygen atoms in total. The van der Waals surface area contributed by atoms with E-state index in [4.69, 9.17) is 5.26 Å². The number of hydrogen-bond acceptors (Lipinski definition) is 3. The number of aryl methyl sites for hydroxylation is 2. The van der Waals surface area contributed by atoms with Gasteiger partial charge in [0.1, 0.15) is 0 Å². The zero-order chi connectivity index (χ0) is 14.4. The van der Waals surface area contributed by atoms with Gasteiger partial charge < -0.3 is 4.90 Å². The predicted octanol–water partition coefficient (Wildman–Crippen LogP) is 3.02. The second-order valence-corrected chi connectivity index (χ2v) is 5.56. The van der Waals surface area contributed by atoms with E-state index < -0.39 is 0 Å². The first-order valence-corrected chi connectivity index (χ1v) is 6.87.